The van der Waals surface area contributed by atoms with Crippen molar-refractivity contribution >= 4 is 5.91 Å². The lowest BCUT2D eigenvalue weighted by molar-refractivity contribution is -0.124. The molecule has 0 spiro atoms. The van der Waals surface area contributed by atoms with Crippen molar-refractivity contribution in [2.45, 2.75) is 250 Å². The van der Waals surface area contributed by atoms with Crippen molar-refractivity contribution in [1.29, 1.82) is 0 Å². The molecule has 0 saturated heterocycles. The topological polar surface area (TPSA) is 89.8 Å². The molecule has 0 radical (unpaired) electrons. The predicted octanol–water partition coefficient (Wildman–Crippen LogP) is 12.0. The summed E-state index contributed by atoms with van der Waals surface area (Å²) in [5, 5.41) is 33.1. The van der Waals surface area contributed by atoms with Crippen LogP contribution < -0.4 is 5.32 Å². The lowest BCUT2D eigenvalue weighted by Crippen LogP contribution is -2.45. The summed E-state index contributed by atoms with van der Waals surface area (Å²) < 4.78 is 0. The lowest BCUT2D eigenvalue weighted by Gasteiger charge is -2.21. The van der Waals surface area contributed by atoms with E-state index in [1.165, 1.54) is 180 Å². The summed E-state index contributed by atoms with van der Waals surface area (Å²) in [4.78, 5) is 12.4. The van der Waals surface area contributed by atoms with Gasteiger partial charge in [-0.3, -0.25) is 4.79 Å². The van der Waals surface area contributed by atoms with Crippen molar-refractivity contribution in [2.24, 2.45) is 0 Å². The molecule has 0 aliphatic heterocycles. The standard InChI is InChI=1S/C43H85NO4/c1-3-5-7-9-11-13-15-17-18-19-20-21-22-23-24-25-26-28-30-32-34-36-40(46)38-43(48)44-41(39-45)42(47)37-35-33-31-29-27-16-14-12-10-8-6-4-2/h35,37,40-42,45-47H,3-34,36,38-39H2,1-2H3,(H,44,48)/b37-35+. The second-order valence-corrected chi connectivity index (χ2v) is 15.0. The van der Waals surface area contributed by atoms with Crippen LogP contribution in [-0.2, 0) is 4.79 Å². The first-order valence-electron chi connectivity index (χ1n) is 21.5. The van der Waals surface area contributed by atoms with Gasteiger partial charge >= 0.3 is 0 Å². The smallest absolute Gasteiger partial charge is 0.222 e. The number of amides is 1. The number of hydrogen-bond donors (Lipinski definition) is 4. The Kier molecular flexibility index (Phi) is 38.1. The lowest BCUT2D eigenvalue weighted by atomic mass is 10.0. The van der Waals surface area contributed by atoms with E-state index in [-0.39, 0.29) is 18.9 Å². The van der Waals surface area contributed by atoms with E-state index in [2.05, 4.69) is 19.2 Å². The van der Waals surface area contributed by atoms with E-state index in [0.29, 0.717) is 6.42 Å². The summed E-state index contributed by atoms with van der Waals surface area (Å²) in [7, 11) is 0. The van der Waals surface area contributed by atoms with E-state index >= 15 is 0 Å². The summed E-state index contributed by atoms with van der Waals surface area (Å²) >= 11 is 0. The van der Waals surface area contributed by atoms with Crippen LogP contribution in [0.1, 0.15) is 232 Å². The van der Waals surface area contributed by atoms with Crippen LogP contribution in [0.25, 0.3) is 0 Å². The molecular weight excluding hydrogens is 594 g/mol. The molecule has 286 valence electrons. The van der Waals surface area contributed by atoms with Gasteiger partial charge in [0, 0.05) is 0 Å². The summed E-state index contributed by atoms with van der Waals surface area (Å²) in [5.74, 6) is -0.313. The van der Waals surface area contributed by atoms with Crippen molar-refractivity contribution in [2.75, 3.05) is 6.61 Å². The number of aliphatic hydroxyl groups excluding tert-OH is 3. The SMILES string of the molecule is CCCCCCCCCCCC/C=C/C(O)C(CO)NC(=O)CC(O)CCCCCCCCCCCCCCCCCCCCCCC. The fraction of sp³-hybridized carbons (Fsp3) is 0.930. The quantitative estimate of drug-likeness (QED) is 0.0384. The van der Waals surface area contributed by atoms with Crippen LogP contribution in [0.15, 0.2) is 12.2 Å². The first-order valence-corrected chi connectivity index (χ1v) is 21.5. The number of aliphatic hydroxyl groups is 3. The first-order chi connectivity index (χ1) is 23.5. The zero-order valence-electron chi connectivity index (χ0n) is 32.4. The molecule has 48 heavy (non-hydrogen) atoms. The number of allylic oxidation sites excluding steroid dienone is 1. The predicted molar refractivity (Wildman–Crippen MR) is 208 cm³/mol. The van der Waals surface area contributed by atoms with Gasteiger partial charge in [0.05, 0.1) is 31.3 Å². The summed E-state index contributed by atoms with van der Waals surface area (Å²) in [5.41, 5.74) is 0. The molecule has 5 nitrogen and oxygen atoms in total. The second-order valence-electron chi connectivity index (χ2n) is 15.0. The minimum atomic E-state index is -0.923. The van der Waals surface area contributed by atoms with Gasteiger partial charge in [0.1, 0.15) is 0 Å². The molecule has 3 atom stereocenters. The number of rotatable bonds is 39. The summed E-state index contributed by atoms with van der Waals surface area (Å²) in [6, 6.07) is -0.738. The van der Waals surface area contributed by atoms with Gasteiger partial charge in [0.15, 0.2) is 0 Å². The third-order valence-electron chi connectivity index (χ3n) is 10.1. The highest BCUT2D eigenvalue weighted by Gasteiger charge is 2.20. The van der Waals surface area contributed by atoms with Crippen molar-refractivity contribution in [3.63, 3.8) is 0 Å². The van der Waals surface area contributed by atoms with Crippen LogP contribution in [0.5, 0.6) is 0 Å². The molecular formula is C43H85NO4. The molecule has 0 aromatic rings. The van der Waals surface area contributed by atoms with Gasteiger partial charge in [0.2, 0.25) is 5.91 Å². The molecule has 5 heteroatoms. The minimum Gasteiger partial charge on any atom is -0.394 e. The Labute approximate surface area is 299 Å². The molecule has 0 rings (SSSR count). The monoisotopic (exact) mass is 680 g/mol. The number of nitrogens with one attached hydrogen (secondary N) is 1. The van der Waals surface area contributed by atoms with Gasteiger partial charge in [0.25, 0.3) is 0 Å². The van der Waals surface area contributed by atoms with E-state index in [9.17, 15) is 20.1 Å². The average molecular weight is 680 g/mol. The first kappa shape index (κ1) is 47.1. The molecule has 0 aromatic carbocycles. The molecule has 0 saturated carbocycles. The maximum absolute atomic E-state index is 12.4. The number of carbonyl (C=O) groups is 1. The zero-order chi connectivity index (χ0) is 35.2. The molecule has 3 unspecified atom stereocenters. The van der Waals surface area contributed by atoms with Gasteiger partial charge in [-0.15, -0.1) is 0 Å². The third kappa shape index (κ3) is 34.9. The molecule has 0 fully saturated rings. The molecule has 0 aromatic heterocycles. The van der Waals surface area contributed by atoms with Crippen molar-refractivity contribution < 1.29 is 20.1 Å². The van der Waals surface area contributed by atoms with Crippen LogP contribution in [0, 0.1) is 0 Å². The normalized spacial score (nSPS) is 13.7. The third-order valence-corrected chi connectivity index (χ3v) is 10.1. The van der Waals surface area contributed by atoms with Crippen LogP contribution in [-0.4, -0.2) is 46.1 Å². The number of carbonyl (C=O) groups excluding carboxylic acids is 1. The Balaban J connectivity index is 3.60. The van der Waals surface area contributed by atoms with Crippen LogP contribution >= 0.6 is 0 Å². The van der Waals surface area contributed by atoms with E-state index in [1.807, 2.05) is 6.08 Å². The highest BCUT2D eigenvalue weighted by Crippen LogP contribution is 2.16. The van der Waals surface area contributed by atoms with Gasteiger partial charge in [-0.1, -0.05) is 219 Å². The maximum atomic E-state index is 12.4. The Morgan fingerprint density at radius 2 is 0.854 bits per heavy atom. The van der Waals surface area contributed by atoms with E-state index in [4.69, 9.17) is 0 Å². The van der Waals surface area contributed by atoms with Gasteiger partial charge < -0.3 is 20.6 Å². The maximum Gasteiger partial charge on any atom is 0.222 e. The number of hydrogen-bond acceptors (Lipinski definition) is 4. The molecule has 0 bridgehead atoms. The van der Waals surface area contributed by atoms with E-state index in [0.717, 1.165) is 25.7 Å². The molecule has 0 aliphatic carbocycles. The van der Waals surface area contributed by atoms with Gasteiger partial charge in [-0.05, 0) is 19.3 Å². The van der Waals surface area contributed by atoms with Crippen LogP contribution in [0.3, 0.4) is 0 Å². The molecule has 0 heterocycles. The number of unbranched alkanes of at least 4 members (excludes halogenated alkanes) is 30. The Hall–Kier alpha value is -0.910. The van der Waals surface area contributed by atoms with Crippen LogP contribution in [0.2, 0.25) is 0 Å². The van der Waals surface area contributed by atoms with E-state index in [1.54, 1.807) is 6.08 Å². The highest BCUT2D eigenvalue weighted by atomic mass is 16.3. The Morgan fingerprint density at radius 1 is 0.521 bits per heavy atom. The molecule has 1 amide bonds. The fourth-order valence-electron chi connectivity index (χ4n) is 6.75. The van der Waals surface area contributed by atoms with Gasteiger partial charge in [-0.25, -0.2) is 0 Å². The highest BCUT2D eigenvalue weighted by molar-refractivity contribution is 5.76. The van der Waals surface area contributed by atoms with Crippen molar-refractivity contribution in [3.05, 3.63) is 12.2 Å². The Bertz CT molecular complexity index is 669. The largest absolute Gasteiger partial charge is 0.394 e. The second kappa shape index (κ2) is 38.9. The average Bonchev–Trinajstić information content (AvgIpc) is 3.08. The minimum absolute atomic E-state index is 0.0186. The van der Waals surface area contributed by atoms with E-state index < -0.39 is 18.2 Å². The Morgan fingerprint density at radius 3 is 1.21 bits per heavy atom. The fourth-order valence-corrected chi connectivity index (χ4v) is 6.75. The van der Waals surface area contributed by atoms with Crippen LogP contribution in [0.4, 0.5) is 0 Å². The van der Waals surface area contributed by atoms with Gasteiger partial charge in [-0.2, -0.15) is 0 Å². The van der Waals surface area contributed by atoms with Crippen molar-refractivity contribution in [1.82, 2.24) is 5.32 Å². The van der Waals surface area contributed by atoms with Crippen molar-refractivity contribution in [3.8, 4) is 0 Å². The summed E-state index contributed by atoms with van der Waals surface area (Å²) in [6.45, 7) is 4.21. The molecule has 0 aliphatic rings. The summed E-state index contributed by atoms with van der Waals surface area (Å²) in [6.07, 6.45) is 45.0. The zero-order valence-corrected chi connectivity index (χ0v) is 32.4. The molecule has 4 N–H and O–H groups in total.